The van der Waals surface area contributed by atoms with Crippen LogP contribution in [-0.4, -0.2) is 32.8 Å². The second-order valence-corrected chi connectivity index (χ2v) is 4.28. The Labute approximate surface area is 92.6 Å². The van der Waals surface area contributed by atoms with Crippen molar-refractivity contribution in [1.82, 2.24) is 5.32 Å². The quantitative estimate of drug-likeness (QED) is 0.379. The highest BCUT2D eigenvalue weighted by Gasteiger charge is 2.16. The second-order valence-electron chi connectivity index (χ2n) is 4.28. The Morgan fingerprint density at radius 1 is 1.60 bits per heavy atom. The molecule has 15 heavy (non-hydrogen) atoms. The van der Waals surface area contributed by atoms with Gasteiger partial charge in [0.1, 0.15) is 0 Å². The van der Waals surface area contributed by atoms with Crippen LogP contribution in [0.3, 0.4) is 0 Å². The highest BCUT2D eigenvalue weighted by Crippen LogP contribution is 2.20. The Morgan fingerprint density at radius 3 is 2.80 bits per heavy atom. The Hall–Kier alpha value is -1.03. The molecule has 0 saturated heterocycles. The molecule has 0 aliphatic carbocycles. The summed E-state index contributed by atoms with van der Waals surface area (Å²) in [6.45, 7) is 9.99. The lowest BCUT2D eigenvalue weighted by Crippen LogP contribution is -2.33. The zero-order chi connectivity index (χ0) is 11.7. The number of nitrogens with two attached hydrogens (primary N) is 1. The van der Waals surface area contributed by atoms with Crippen LogP contribution in [0, 0.1) is 5.41 Å². The van der Waals surface area contributed by atoms with Gasteiger partial charge in [-0.1, -0.05) is 19.9 Å². The van der Waals surface area contributed by atoms with E-state index >= 15 is 0 Å². The average Bonchev–Trinajstić information content (AvgIpc) is 2.21. The molecule has 0 atom stereocenters. The van der Waals surface area contributed by atoms with Crippen molar-refractivity contribution < 1.29 is 4.74 Å². The molecular weight excluding hydrogens is 190 g/mol. The standard InChI is InChI=1S/C11H23N3O/c1-5-7-13-10(12)14-9-11(2,3)6-8-15-4/h5H,1,6-9H2,2-4H3,(H3,12,13,14). The van der Waals surface area contributed by atoms with Crippen molar-refractivity contribution in [3.8, 4) is 0 Å². The number of aliphatic imine (C=N–C) groups is 1. The molecule has 0 aromatic heterocycles. The van der Waals surface area contributed by atoms with Gasteiger partial charge in [-0.3, -0.25) is 4.99 Å². The van der Waals surface area contributed by atoms with Crippen molar-refractivity contribution >= 4 is 5.96 Å². The summed E-state index contributed by atoms with van der Waals surface area (Å²) in [5.41, 5.74) is 5.78. The van der Waals surface area contributed by atoms with Gasteiger partial charge in [-0.2, -0.15) is 0 Å². The molecule has 4 nitrogen and oxygen atoms in total. The zero-order valence-electron chi connectivity index (χ0n) is 10.0. The van der Waals surface area contributed by atoms with Crippen LogP contribution in [0.2, 0.25) is 0 Å². The molecule has 0 aliphatic rings. The van der Waals surface area contributed by atoms with Crippen LogP contribution >= 0.6 is 0 Å². The first kappa shape index (κ1) is 14.0. The molecule has 0 aromatic rings. The van der Waals surface area contributed by atoms with Gasteiger partial charge in [0, 0.05) is 26.8 Å². The summed E-state index contributed by atoms with van der Waals surface area (Å²) < 4.78 is 5.04. The van der Waals surface area contributed by atoms with Crippen LogP contribution < -0.4 is 11.1 Å². The first-order valence-corrected chi connectivity index (χ1v) is 5.15. The van der Waals surface area contributed by atoms with E-state index < -0.39 is 0 Å². The number of rotatable bonds is 7. The minimum absolute atomic E-state index is 0.122. The van der Waals surface area contributed by atoms with E-state index in [9.17, 15) is 0 Å². The maximum atomic E-state index is 5.66. The lowest BCUT2D eigenvalue weighted by molar-refractivity contribution is 0.155. The Morgan fingerprint density at radius 2 is 2.27 bits per heavy atom. The number of nitrogens with one attached hydrogen (secondary N) is 1. The zero-order valence-corrected chi connectivity index (χ0v) is 10.0. The van der Waals surface area contributed by atoms with Crippen LogP contribution in [0.4, 0.5) is 0 Å². The Bertz CT molecular complexity index is 212. The molecule has 0 heterocycles. The summed E-state index contributed by atoms with van der Waals surface area (Å²) in [7, 11) is 1.71. The van der Waals surface area contributed by atoms with E-state index in [4.69, 9.17) is 10.5 Å². The van der Waals surface area contributed by atoms with Gasteiger partial charge in [0.05, 0.1) is 0 Å². The minimum Gasteiger partial charge on any atom is -0.385 e. The summed E-state index contributed by atoms with van der Waals surface area (Å²) in [5.74, 6) is 0.473. The smallest absolute Gasteiger partial charge is 0.188 e. The number of methoxy groups -OCH3 is 1. The minimum atomic E-state index is 0.122. The number of hydrogen-bond donors (Lipinski definition) is 2. The van der Waals surface area contributed by atoms with Gasteiger partial charge >= 0.3 is 0 Å². The lowest BCUT2D eigenvalue weighted by atomic mass is 9.90. The third kappa shape index (κ3) is 8.00. The van der Waals surface area contributed by atoms with Crippen molar-refractivity contribution in [3.63, 3.8) is 0 Å². The van der Waals surface area contributed by atoms with E-state index in [1.807, 2.05) is 0 Å². The van der Waals surface area contributed by atoms with Crippen LogP contribution in [-0.2, 0) is 4.74 Å². The van der Waals surface area contributed by atoms with Crippen LogP contribution in [0.1, 0.15) is 20.3 Å². The van der Waals surface area contributed by atoms with Crippen LogP contribution in [0.5, 0.6) is 0 Å². The van der Waals surface area contributed by atoms with E-state index in [1.54, 1.807) is 13.2 Å². The van der Waals surface area contributed by atoms with Gasteiger partial charge in [-0.05, 0) is 11.8 Å². The van der Waals surface area contributed by atoms with Crippen molar-refractivity contribution in [3.05, 3.63) is 12.7 Å². The predicted molar refractivity (Wildman–Crippen MR) is 65.0 cm³/mol. The molecule has 0 spiro atoms. The molecule has 0 fully saturated rings. The normalized spacial score (nSPS) is 12.6. The SMILES string of the molecule is C=CCNC(N)=NCC(C)(C)CCOC. The molecule has 3 N–H and O–H groups in total. The highest BCUT2D eigenvalue weighted by molar-refractivity contribution is 5.77. The molecule has 0 saturated carbocycles. The monoisotopic (exact) mass is 213 g/mol. The van der Waals surface area contributed by atoms with Gasteiger partial charge in [-0.25, -0.2) is 0 Å². The van der Waals surface area contributed by atoms with E-state index in [1.165, 1.54) is 0 Å². The predicted octanol–water partition coefficient (Wildman–Crippen LogP) is 1.14. The number of nitrogens with zero attached hydrogens (tertiary/aromatic N) is 1. The van der Waals surface area contributed by atoms with Crippen molar-refractivity contribution in [2.24, 2.45) is 16.1 Å². The number of guanidine groups is 1. The van der Waals surface area contributed by atoms with Gasteiger partial charge in [0.25, 0.3) is 0 Å². The molecular formula is C11H23N3O. The lowest BCUT2D eigenvalue weighted by Gasteiger charge is -2.21. The van der Waals surface area contributed by atoms with Gasteiger partial charge in [-0.15, -0.1) is 6.58 Å². The first-order valence-electron chi connectivity index (χ1n) is 5.15. The van der Waals surface area contributed by atoms with Crippen molar-refractivity contribution in [1.29, 1.82) is 0 Å². The fourth-order valence-electron chi connectivity index (χ4n) is 0.989. The maximum Gasteiger partial charge on any atom is 0.188 e. The molecule has 4 heteroatoms. The molecule has 0 aromatic carbocycles. The van der Waals surface area contributed by atoms with Crippen molar-refractivity contribution in [2.45, 2.75) is 20.3 Å². The Balaban J connectivity index is 3.92. The van der Waals surface area contributed by atoms with Crippen molar-refractivity contribution in [2.75, 3.05) is 26.8 Å². The maximum absolute atomic E-state index is 5.66. The van der Waals surface area contributed by atoms with E-state index in [2.05, 4.69) is 30.7 Å². The topological polar surface area (TPSA) is 59.6 Å². The molecule has 0 bridgehead atoms. The van der Waals surface area contributed by atoms with E-state index in [0.717, 1.165) is 13.0 Å². The van der Waals surface area contributed by atoms with E-state index in [0.29, 0.717) is 19.0 Å². The largest absolute Gasteiger partial charge is 0.385 e. The van der Waals surface area contributed by atoms with E-state index in [-0.39, 0.29) is 5.41 Å². The fourth-order valence-corrected chi connectivity index (χ4v) is 0.989. The summed E-state index contributed by atoms with van der Waals surface area (Å²) in [4.78, 5) is 4.27. The summed E-state index contributed by atoms with van der Waals surface area (Å²) >= 11 is 0. The molecule has 88 valence electrons. The fraction of sp³-hybridized carbons (Fsp3) is 0.727. The van der Waals surface area contributed by atoms with Gasteiger partial charge in [0.2, 0.25) is 0 Å². The first-order chi connectivity index (χ1) is 7.02. The van der Waals surface area contributed by atoms with Crippen LogP contribution in [0.15, 0.2) is 17.6 Å². The second kappa shape index (κ2) is 7.29. The number of hydrogen-bond acceptors (Lipinski definition) is 2. The molecule has 0 aliphatic heterocycles. The molecule has 0 radical (unpaired) electrons. The molecule has 0 rings (SSSR count). The van der Waals surface area contributed by atoms with Gasteiger partial charge < -0.3 is 15.8 Å². The van der Waals surface area contributed by atoms with Gasteiger partial charge in [0.15, 0.2) is 5.96 Å². The average molecular weight is 213 g/mol. The Kier molecular flexibility index (Phi) is 6.79. The third-order valence-electron chi connectivity index (χ3n) is 2.09. The highest BCUT2D eigenvalue weighted by atomic mass is 16.5. The molecule has 0 amide bonds. The summed E-state index contributed by atoms with van der Waals surface area (Å²) in [6, 6.07) is 0. The summed E-state index contributed by atoms with van der Waals surface area (Å²) in [6.07, 6.45) is 2.72. The summed E-state index contributed by atoms with van der Waals surface area (Å²) in [5, 5.41) is 2.94. The molecule has 0 unspecified atom stereocenters. The number of ether oxygens (including phenoxy) is 1. The van der Waals surface area contributed by atoms with Crippen LogP contribution in [0.25, 0.3) is 0 Å². The third-order valence-corrected chi connectivity index (χ3v) is 2.09.